The van der Waals surface area contributed by atoms with Crippen LogP contribution in [0.2, 0.25) is 5.02 Å². The van der Waals surface area contributed by atoms with E-state index in [9.17, 15) is 10.0 Å². The second-order valence-corrected chi connectivity index (χ2v) is 10.9. The highest BCUT2D eigenvalue weighted by molar-refractivity contribution is 14.1. The molecule has 3 unspecified atom stereocenters. The van der Waals surface area contributed by atoms with Crippen LogP contribution >= 0.6 is 34.5 Å². The Morgan fingerprint density at radius 3 is 2.49 bits per heavy atom. The molecule has 3 aromatic rings. The number of ketones is 1. The van der Waals surface area contributed by atoms with Gasteiger partial charge in [-0.3, -0.25) is 4.79 Å². The molecule has 2 aliphatic rings. The van der Waals surface area contributed by atoms with Crippen molar-refractivity contribution in [3.8, 4) is 5.75 Å². The summed E-state index contributed by atoms with van der Waals surface area (Å²) in [6.45, 7) is 5.28. The molecule has 1 aromatic heterocycles. The third-order valence-electron chi connectivity index (χ3n) is 7.24. The number of rotatable bonds is 8. The smallest absolute Gasteiger partial charge is 0.224 e. The van der Waals surface area contributed by atoms with Crippen molar-refractivity contribution in [3.63, 3.8) is 0 Å². The third kappa shape index (κ3) is 5.62. The minimum absolute atomic E-state index is 0.259. The van der Waals surface area contributed by atoms with E-state index in [2.05, 4.69) is 27.0 Å². The maximum Gasteiger partial charge on any atom is 0.224 e. The van der Waals surface area contributed by atoms with Crippen LogP contribution in [-0.2, 0) is 0 Å². The molecule has 0 bridgehead atoms. The van der Waals surface area contributed by atoms with Gasteiger partial charge in [0, 0.05) is 61.1 Å². The van der Waals surface area contributed by atoms with Crippen molar-refractivity contribution in [2.24, 2.45) is 5.10 Å². The first-order valence-corrected chi connectivity index (χ1v) is 14.2. The van der Waals surface area contributed by atoms with Crippen molar-refractivity contribution in [2.45, 2.75) is 25.4 Å². The highest BCUT2D eigenvalue weighted by Crippen LogP contribution is 2.39. The highest BCUT2D eigenvalue weighted by Gasteiger charge is 2.47. The summed E-state index contributed by atoms with van der Waals surface area (Å²) >= 11 is 7.95. The molecule has 3 heterocycles. The number of pyridine rings is 1. The summed E-state index contributed by atoms with van der Waals surface area (Å²) in [5.41, 5.74) is 2.44. The Balaban J connectivity index is 1.24. The van der Waals surface area contributed by atoms with Crippen LogP contribution in [0.5, 0.6) is 5.75 Å². The number of hydrogen-bond donors (Lipinski definition) is 0. The van der Waals surface area contributed by atoms with Gasteiger partial charge in [0.05, 0.1) is 36.2 Å². The van der Waals surface area contributed by atoms with Crippen LogP contribution in [0.4, 0.5) is 11.5 Å². The third-order valence-corrected chi connectivity index (χ3v) is 8.71. The monoisotopic (exact) mass is 660 g/mol. The molecule has 3 atom stereocenters. The summed E-state index contributed by atoms with van der Waals surface area (Å²) in [7, 11) is 1.68. The van der Waals surface area contributed by atoms with Crippen molar-refractivity contribution in [2.75, 3.05) is 43.1 Å². The minimum atomic E-state index is -1.10. The Morgan fingerprint density at radius 2 is 1.85 bits per heavy atom. The maximum absolute atomic E-state index is 13.9. The van der Waals surface area contributed by atoms with Crippen LogP contribution in [0.1, 0.15) is 35.3 Å². The van der Waals surface area contributed by atoms with Crippen molar-refractivity contribution in [3.05, 3.63) is 88.2 Å². The number of Topliss-reactive ketones (excluding diaryl/α,β-unsaturated/α-hetero) is 1. The Hall–Kier alpha value is -2.77. The molecule has 0 amide bonds. The molecule has 0 aliphatic carbocycles. The highest BCUT2D eigenvalue weighted by atomic mass is 127. The standard InChI is InChI=1S/C28H30ClIN6O3/c1-3-26(28(37)20-7-10-22(29)11-8-20)36(38)32-19-25(35(36)30)21-9-12-27(31-18-21)34-15-13-33(14-16-34)23-5-4-6-24(17-23)39-2/h4-12,17-19,25-26H,3,13-16H2,1-2H3. The molecule has 0 N–H and O–H groups in total. The first kappa shape index (κ1) is 27.8. The summed E-state index contributed by atoms with van der Waals surface area (Å²) in [5.74, 6) is 1.49. The predicted molar refractivity (Wildman–Crippen MR) is 162 cm³/mol. The quantitative estimate of drug-likeness (QED) is 0.102. The molecule has 0 saturated carbocycles. The molecule has 39 heavy (non-hydrogen) atoms. The lowest BCUT2D eigenvalue weighted by molar-refractivity contribution is -0.982. The van der Waals surface area contributed by atoms with Gasteiger partial charge >= 0.3 is 0 Å². The van der Waals surface area contributed by atoms with E-state index in [1.807, 2.05) is 54.1 Å². The van der Waals surface area contributed by atoms with E-state index < -0.39 is 16.9 Å². The molecule has 0 spiro atoms. The number of hydrogen-bond acceptors (Lipinski definition) is 8. The second-order valence-electron chi connectivity index (χ2n) is 9.51. The van der Waals surface area contributed by atoms with Gasteiger partial charge in [-0.25, -0.2) is 4.98 Å². The lowest BCUT2D eigenvalue weighted by atomic mass is 10.0. The Bertz CT molecular complexity index is 1330. The topological polar surface area (TPSA) is 84.3 Å². The normalized spacial score (nSPS) is 22.2. The number of piperazine rings is 1. The summed E-state index contributed by atoms with van der Waals surface area (Å²) in [4.78, 5) is 21.5. The van der Waals surface area contributed by atoms with Crippen LogP contribution in [-0.4, -0.2) is 64.4 Å². The summed E-state index contributed by atoms with van der Waals surface area (Å²) in [5, 5.41) is 18.7. The van der Waals surface area contributed by atoms with Crippen molar-refractivity contribution in [1.29, 1.82) is 0 Å². The molecule has 11 heteroatoms. The van der Waals surface area contributed by atoms with Crippen LogP contribution < -0.4 is 14.5 Å². The van der Waals surface area contributed by atoms with Crippen LogP contribution in [0.15, 0.2) is 72.0 Å². The van der Waals surface area contributed by atoms with Gasteiger partial charge in [-0.15, -0.1) is 4.86 Å². The first-order chi connectivity index (χ1) is 18.8. The number of carbonyl (C=O) groups excluding carboxylic acids is 1. The number of halogens is 2. The zero-order valence-electron chi connectivity index (χ0n) is 21.8. The van der Waals surface area contributed by atoms with E-state index in [4.69, 9.17) is 21.3 Å². The van der Waals surface area contributed by atoms with Crippen molar-refractivity contribution < 1.29 is 14.4 Å². The second kappa shape index (κ2) is 11.8. The van der Waals surface area contributed by atoms with Gasteiger partial charge in [-0.05, 0) is 48.0 Å². The molecule has 2 aromatic carbocycles. The number of aromatic nitrogens is 1. The lowest BCUT2D eigenvalue weighted by Gasteiger charge is -2.42. The summed E-state index contributed by atoms with van der Waals surface area (Å²) in [6.07, 6.45) is 3.75. The zero-order valence-corrected chi connectivity index (χ0v) is 24.7. The molecule has 204 valence electrons. The molecule has 1 saturated heterocycles. The molecule has 5 rings (SSSR count). The molecule has 1 fully saturated rings. The fourth-order valence-electron chi connectivity index (χ4n) is 5.01. The number of nitrogens with zero attached hydrogens (tertiary/aromatic N) is 6. The first-order valence-electron chi connectivity index (χ1n) is 12.8. The van der Waals surface area contributed by atoms with Crippen LogP contribution in [0.3, 0.4) is 0 Å². The van der Waals surface area contributed by atoms with Gasteiger partial charge in [0.2, 0.25) is 5.78 Å². The SMILES string of the molecule is CCC(C(=O)c1ccc(Cl)cc1)[N+]1([O-])N=CC(c2ccc(N3CCN(c4cccc(OC)c4)CC3)nc2)N1I. The molecule has 9 nitrogen and oxygen atoms in total. The largest absolute Gasteiger partial charge is 0.583 e. The van der Waals surface area contributed by atoms with E-state index in [0.29, 0.717) is 17.0 Å². The molecular formula is C28H30ClIN6O3. The number of methoxy groups -OCH3 is 1. The Morgan fingerprint density at radius 1 is 1.13 bits per heavy atom. The summed E-state index contributed by atoms with van der Waals surface area (Å²) < 4.78 is 6.91. The fraction of sp³-hybridized carbons (Fsp3) is 0.321. The lowest BCUT2D eigenvalue weighted by Crippen LogP contribution is -2.55. The van der Waals surface area contributed by atoms with Gasteiger partial charge in [0.1, 0.15) is 17.6 Å². The van der Waals surface area contributed by atoms with E-state index in [1.165, 1.54) is 0 Å². The zero-order chi connectivity index (χ0) is 27.6. The van der Waals surface area contributed by atoms with Gasteiger partial charge in [0.25, 0.3) is 0 Å². The molecular weight excluding hydrogens is 631 g/mol. The van der Waals surface area contributed by atoms with Crippen LogP contribution in [0.25, 0.3) is 0 Å². The Kier molecular flexibility index (Phi) is 8.38. The summed E-state index contributed by atoms with van der Waals surface area (Å²) in [6, 6.07) is 17.4. The van der Waals surface area contributed by atoms with E-state index >= 15 is 0 Å². The molecule has 0 radical (unpaired) electrons. The number of anilines is 2. The van der Waals surface area contributed by atoms with Gasteiger partial charge in [-0.1, -0.05) is 39.0 Å². The van der Waals surface area contributed by atoms with Gasteiger partial charge in [0.15, 0.2) is 6.04 Å². The van der Waals surface area contributed by atoms with Crippen molar-refractivity contribution in [1.82, 2.24) is 8.21 Å². The number of hydroxylamine groups is 1. The number of carbonyl (C=O) groups is 1. The van der Waals surface area contributed by atoms with E-state index in [0.717, 1.165) is 49.0 Å². The predicted octanol–water partition coefficient (Wildman–Crippen LogP) is 5.65. The average Bonchev–Trinajstić information content (AvgIpc) is 3.28. The molecule has 2 aliphatic heterocycles. The number of benzene rings is 2. The van der Waals surface area contributed by atoms with E-state index in [1.54, 1.807) is 47.0 Å². The van der Waals surface area contributed by atoms with Gasteiger partial charge in [-0.2, -0.15) is 0 Å². The average molecular weight is 661 g/mol. The Labute approximate surface area is 247 Å². The number of ether oxygens (including phenoxy) is 1. The van der Waals surface area contributed by atoms with E-state index in [-0.39, 0.29) is 5.78 Å². The number of quaternary nitrogens is 1. The van der Waals surface area contributed by atoms with Gasteiger partial charge < -0.3 is 19.7 Å². The fourth-order valence-corrected chi connectivity index (χ4v) is 6.01. The minimum Gasteiger partial charge on any atom is -0.583 e. The van der Waals surface area contributed by atoms with Crippen molar-refractivity contribution >= 4 is 58.0 Å². The van der Waals surface area contributed by atoms with Crippen LogP contribution in [0, 0.1) is 5.21 Å². The maximum atomic E-state index is 13.9.